The van der Waals surface area contributed by atoms with Crippen LogP contribution in [0.3, 0.4) is 0 Å². The van der Waals surface area contributed by atoms with Crippen molar-refractivity contribution in [2.24, 2.45) is 0 Å². The Morgan fingerprint density at radius 2 is 1.59 bits per heavy atom. The lowest BCUT2D eigenvalue weighted by atomic mass is 10.0. The summed E-state index contributed by atoms with van der Waals surface area (Å²) in [6, 6.07) is 10.0. The fourth-order valence-corrected chi connectivity index (χ4v) is 3.84. The smallest absolute Gasteiger partial charge is 0.336 e. The highest BCUT2D eigenvalue weighted by atomic mass is 32.1. The largest absolute Gasteiger partial charge is 0.478 e. The van der Waals surface area contributed by atoms with Crippen LogP contribution >= 0.6 is 11.3 Å². The van der Waals surface area contributed by atoms with Crippen molar-refractivity contribution in [2.45, 2.75) is 44.9 Å². The number of carboxylic acid groups (broad SMARTS) is 1. The molecule has 0 saturated carbocycles. The zero-order valence-electron chi connectivity index (χ0n) is 15.4. The number of carbonyl (C=O) groups is 3. The van der Waals surface area contributed by atoms with Crippen LogP contribution in [0.15, 0.2) is 36.4 Å². The fraction of sp³-hybridized carbons (Fsp3) is 0.381. The van der Waals surface area contributed by atoms with Gasteiger partial charge >= 0.3 is 11.9 Å². The molecule has 1 heterocycles. The highest BCUT2D eigenvalue weighted by Gasteiger charge is 2.18. The molecular weight excluding hydrogens is 364 g/mol. The second kappa shape index (κ2) is 10.6. The molecule has 0 aliphatic carbocycles. The molecule has 5 nitrogen and oxygen atoms in total. The standard InChI is InChI=1S/C21H24O5S/c1-26-19(22)12-6-4-2-3-5-9-15-13-14-18(27-15)20(23)16-10-7-8-11-17(16)21(24)25/h7-8,10-11,13-14H,2-6,9,12H2,1H3,(H,24,25). The number of rotatable bonds is 11. The van der Waals surface area contributed by atoms with Crippen molar-refractivity contribution in [3.8, 4) is 0 Å². The van der Waals surface area contributed by atoms with Crippen molar-refractivity contribution in [3.05, 3.63) is 57.3 Å². The van der Waals surface area contributed by atoms with E-state index in [1.807, 2.05) is 6.07 Å². The van der Waals surface area contributed by atoms with Gasteiger partial charge in [-0.15, -0.1) is 11.3 Å². The van der Waals surface area contributed by atoms with Gasteiger partial charge in [0, 0.05) is 16.9 Å². The van der Waals surface area contributed by atoms with Gasteiger partial charge in [-0.1, -0.05) is 37.5 Å². The molecule has 0 saturated heterocycles. The minimum Gasteiger partial charge on any atom is -0.478 e. The molecule has 1 N–H and O–H groups in total. The van der Waals surface area contributed by atoms with Crippen LogP contribution in [-0.4, -0.2) is 29.9 Å². The highest BCUT2D eigenvalue weighted by Crippen LogP contribution is 2.23. The van der Waals surface area contributed by atoms with Crippen molar-refractivity contribution >= 4 is 29.1 Å². The molecule has 2 aromatic rings. The number of carbonyl (C=O) groups excluding carboxylic acids is 2. The number of benzene rings is 1. The second-order valence-electron chi connectivity index (χ2n) is 6.29. The Morgan fingerprint density at radius 1 is 0.926 bits per heavy atom. The quantitative estimate of drug-likeness (QED) is 0.342. The third-order valence-electron chi connectivity index (χ3n) is 4.32. The van der Waals surface area contributed by atoms with Gasteiger partial charge in [0.25, 0.3) is 0 Å². The summed E-state index contributed by atoms with van der Waals surface area (Å²) in [5, 5.41) is 9.24. The summed E-state index contributed by atoms with van der Waals surface area (Å²) < 4.78 is 4.61. The van der Waals surface area contributed by atoms with Crippen LogP contribution in [0.2, 0.25) is 0 Å². The highest BCUT2D eigenvalue weighted by molar-refractivity contribution is 7.14. The lowest BCUT2D eigenvalue weighted by Gasteiger charge is -2.03. The van der Waals surface area contributed by atoms with Crippen LogP contribution in [0, 0.1) is 0 Å². The van der Waals surface area contributed by atoms with Gasteiger partial charge in [-0.05, 0) is 37.5 Å². The number of hydrogen-bond donors (Lipinski definition) is 1. The molecule has 2 rings (SSSR count). The molecule has 0 radical (unpaired) electrons. The molecule has 144 valence electrons. The third kappa shape index (κ3) is 6.32. The van der Waals surface area contributed by atoms with E-state index in [-0.39, 0.29) is 22.9 Å². The van der Waals surface area contributed by atoms with Crippen LogP contribution < -0.4 is 0 Å². The summed E-state index contributed by atoms with van der Waals surface area (Å²) >= 11 is 1.43. The molecule has 0 unspecified atom stereocenters. The number of thiophene rings is 1. The van der Waals surface area contributed by atoms with E-state index < -0.39 is 5.97 Å². The average Bonchev–Trinajstić information content (AvgIpc) is 3.15. The van der Waals surface area contributed by atoms with Crippen molar-refractivity contribution < 1.29 is 24.2 Å². The van der Waals surface area contributed by atoms with Gasteiger partial charge in [-0.3, -0.25) is 9.59 Å². The molecule has 0 aliphatic heterocycles. The number of ether oxygens (including phenoxy) is 1. The minimum atomic E-state index is -1.09. The van der Waals surface area contributed by atoms with E-state index in [1.165, 1.54) is 24.5 Å². The second-order valence-corrected chi connectivity index (χ2v) is 7.46. The Morgan fingerprint density at radius 3 is 2.30 bits per heavy atom. The summed E-state index contributed by atoms with van der Waals surface area (Å²) in [4.78, 5) is 36.6. The predicted molar refractivity (Wildman–Crippen MR) is 105 cm³/mol. The van der Waals surface area contributed by atoms with E-state index in [1.54, 1.807) is 24.3 Å². The third-order valence-corrected chi connectivity index (χ3v) is 5.46. The maximum absolute atomic E-state index is 12.6. The van der Waals surface area contributed by atoms with Crippen LogP contribution in [0.1, 0.15) is 69.0 Å². The van der Waals surface area contributed by atoms with E-state index in [4.69, 9.17) is 0 Å². The van der Waals surface area contributed by atoms with Gasteiger partial charge in [-0.2, -0.15) is 0 Å². The Bertz CT molecular complexity index is 793. The Labute approximate surface area is 163 Å². The predicted octanol–water partition coefficient (Wildman–Crippen LogP) is 4.73. The zero-order chi connectivity index (χ0) is 19.6. The molecule has 0 bridgehead atoms. The van der Waals surface area contributed by atoms with E-state index >= 15 is 0 Å². The Hall–Kier alpha value is -2.47. The van der Waals surface area contributed by atoms with Crippen molar-refractivity contribution in [3.63, 3.8) is 0 Å². The van der Waals surface area contributed by atoms with Gasteiger partial charge in [0.1, 0.15) is 0 Å². The topological polar surface area (TPSA) is 80.7 Å². The number of aromatic carboxylic acids is 1. The number of hydrogen-bond acceptors (Lipinski definition) is 5. The van der Waals surface area contributed by atoms with Gasteiger partial charge in [-0.25, -0.2) is 4.79 Å². The lowest BCUT2D eigenvalue weighted by Crippen LogP contribution is -2.08. The molecule has 0 amide bonds. The first kappa shape index (κ1) is 20.8. The van der Waals surface area contributed by atoms with E-state index in [2.05, 4.69) is 4.74 Å². The summed E-state index contributed by atoms with van der Waals surface area (Å²) in [5.74, 6) is -1.50. The average molecular weight is 388 g/mol. The van der Waals surface area contributed by atoms with Gasteiger partial charge in [0.15, 0.2) is 0 Å². The van der Waals surface area contributed by atoms with E-state index in [0.29, 0.717) is 11.3 Å². The van der Waals surface area contributed by atoms with Crippen molar-refractivity contribution in [1.29, 1.82) is 0 Å². The molecule has 0 spiro atoms. The van der Waals surface area contributed by atoms with Gasteiger partial charge in [0.2, 0.25) is 5.78 Å². The van der Waals surface area contributed by atoms with Gasteiger partial charge < -0.3 is 9.84 Å². The number of aryl methyl sites for hydroxylation is 1. The molecule has 0 fully saturated rings. The SMILES string of the molecule is COC(=O)CCCCCCCc1ccc(C(=O)c2ccccc2C(=O)O)s1. The number of unbranched alkanes of at least 4 members (excludes halogenated alkanes) is 4. The summed E-state index contributed by atoms with van der Waals surface area (Å²) in [7, 11) is 1.41. The van der Waals surface area contributed by atoms with Crippen LogP contribution in [0.4, 0.5) is 0 Å². The molecule has 27 heavy (non-hydrogen) atoms. The number of methoxy groups -OCH3 is 1. The summed E-state index contributed by atoms with van der Waals surface area (Å²) in [6.45, 7) is 0. The van der Waals surface area contributed by atoms with Crippen molar-refractivity contribution in [1.82, 2.24) is 0 Å². The van der Waals surface area contributed by atoms with E-state index in [0.717, 1.165) is 43.4 Å². The maximum Gasteiger partial charge on any atom is 0.336 e. The van der Waals surface area contributed by atoms with E-state index in [9.17, 15) is 19.5 Å². The normalized spacial score (nSPS) is 10.6. The molecule has 1 aromatic carbocycles. The summed E-state index contributed by atoms with van der Waals surface area (Å²) in [6.07, 6.45) is 6.41. The first-order chi connectivity index (χ1) is 13.0. The molecular formula is C21H24O5S. The van der Waals surface area contributed by atoms with Crippen LogP contribution in [-0.2, 0) is 16.0 Å². The summed E-state index contributed by atoms with van der Waals surface area (Å²) in [5.41, 5.74) is 0.258. The van der Waals surface area contributed by atoms with Gasteiger partial charge in [0.05, 0.1) is 17.6 Å². The maximum atomic E-state index is 12.6. The fourth-order valence-electron chi connectivity index (χ4n) is 2.84. The molecule has 0 aliphatic rings. The monoisotopic (exact) mass is 388 g/mol. The first-order valence-corrected chi connectivity index (χ1v) is 9.87. The molecule has 0 atom stereocenters. The van der Waals surface area contributed by atoms with Crippen molar-refractivity contribution in [2.75, 3.05) is 7.11 Å². The molecule has 1 aromatic heterocycles. The molecule has 6 heteroatoms. The number of carboxylic acids is 1. The first-order valence-electron chi connectivity index (χ1n) is 9.05. The minimum absolute atomic E-state index is 0.0319. The lowest BCUT2D eigenvalue weighted by molar-refractivity contribution is -0.140. The number of ketones is 1. The van der Waals surface area contributed by atoms with Crippen LogP contribution in [0.25, 0.3) is 0 Å². The Balaban J connectivity index is 1.80. The Kier molecular flexibility index (Phi) is 8.20. The number of esters is 1. The van der Waals surface area contributed by atoms with Crippen LogP contribution in [0.5, 0.6) is 0 Å². The zero-order valence-corrected chi connectivity index (χ0v) is 16.2.